The summed E-state index contributed by atoms with van der Waals surface area (Å²) < 4.78 is 34.6. The molecule has 3 heterocycles. The van der Waals surface area contributed by atoms with E-state index in [1.807, 2.05) is 12.1 Å². The highest BCUT2D eigenvalue weighted by atomic mass is 32.2. The van der Waals surface area contributed by atoms with Gasteiger partial charge in [-0.15, -0.1) is 0 Å². The van der Waals surface area contributed by atoms with E-state index < -0.39 is 10.0 Å². The maximum atomic E-state index is 13.3. The normalized spacial score (nSPS) is 25.7. The first kappa shape index (κ1) is 18.5. The highest BCUT2D eigenvalue weighted by molar-refractivity contribution is 7.89. The summed E-state index contributed by atoms with van der Waals surface area (Å²) in [5, 5.41) is 6.88. The number of nitrogens with zero attached hydrogens (tertiary/aromatic N) is 2. The van der Waals surface area contributed by atoms with E-state index in [4.69, 9.17) is 4.74 Å². The van der Waals surface area contributed by atoms with Crippen LogP contribution in [-0.2, 0) is 16.4 Å². The van der Waals surface area contributed by atoms with E-state index in [2.05, 4.69) is 29.3 Å². The fourth-order valence-electron chi connectivity index (χ4n) is 4.60. The Hall–Kier alpha value is -1.86. The van der Waals surface area contributed by atoms with E-state index in [0.29, 0.717) is 16.3 Å². The Balaban J connectivity index is 1.52. The fraction of sp³-hybridized carbons (Fsp3) is 0.550. The Morgan fingerprint density at radius 3 is 2.30 bits per heavy atom. The van der Waals surface area contributed by atoms with Crippen molar-refractivity contribution in [3.05, 3.63) is 41.2 Å². The number of benzene rings is 1. The van der Waals surface area contributed by atoms with Crippen LogP contribution in [0.5, 0.6) is 5.75 Å². The van der Waals surface area contributed by atoms with Crippen LogP contribution in [0, 0.1) is 13.8 Å². The maximum absolute atomic E-state index is 13.3. The summed E-state index contributed by atoms with van der Waals surface area (Å²) in [5.74, 6) is 0.870. The number of aryl methyl sites for hydroxylation is 3. The van der Waals surface area contributed by atoms with Crippen molar-refractivity contribution >= 4 is 10.0 Å². The fourth-order valence-corrected chi connectivity index (χ4v) is 6.83. The number of aromatic amines is 1. The van der Waals surface area contributed by atoms with E-state index in [-0.39, 0.29) is 18.2 Å². The molecule has 146 valence electrons. The van der Waals surface area contributed by atoms with Crippen LogP contribution in [0.3, 0.4) is 0 Å². The summed E-state index contributed by atoms with van der Waals surface area (Å²) in [6.45, 7) is 5.64. The quantitative estimate of drug-likeness (QED) is 0.851. The van der Waals surface area contributed by atoms with Gasteiger partial charge in [0.1, 0.15) is 16.7 Å². The summed E-state index contributed by atoms with van der Waals surface area (Å²) in [4.78, 5) is 0.342. The average molecular weight is 390 g/mol. The number of hydrogen-bond acceptors (Lipinski definition) is 4. The van der Waals surface area contributed by atoms with Crippen molar-refractivity contribution in [1.29, 1.82) is 0 Å². The van der Waals surface area contributed by atoms with Crippen molar-refractivity contribution in [3.63, 3.8) is 0 Å². The second-order valence-electron chi connectivity index (χ2n) is 7.69. The zero-order chi connectivity index (χ0) is 19.2. The van der Waals surface area contributed by atoms with Crippen LogP contribution in [0.1, 0.15) is 49.6 Å². The molecule has 2 saturated heterocycles. The Kier molecular flexibility index (Phi) is 4.76. The molecule has 0 spiro atoms. The second-order valence-corrected chi connectivity index (χ2v) is 9.47. The molecule has 2 aliphatic heterocycles. The van der Waals surface area contributed by atoms with Crippen molar-refractivity contribution in [2.24, 2.45) is 0 Å². The van der Waals surface area contributed by atoms with Crippen LogP contribution in [0.4, 0.5) is 0 Å². The van der Waals surface area contributed by atoms with Gasteiger partial charge in [0.25, 0.3) is 0 Å². The van der Waals surface area contributed by atoms with Crippen LogP contribution in [0.2, 0.25) is 0 Å². The maximum Gasteiger partial charge on any atom is 0.247 e. The number of nitrogens with one attached hydrogen (secondary N) is 1. The standard InChI is InChI=1S/C20H27N3O3S/c1-4-15-5-9-18(10-6-15)26-19-11-16-7-8-17(12-19)23(16)27(24,25)20-13(2)21-22-14(20)3/h5-6,9-10,16-17,19H,4,7-8,11-12H2,1-3H3,(H,21,22). The molecule has 1 aromatic heterocycles. The Bertz CT molecular complexity index is 887. The first-order valence-electron chi connectivity index (χ1n) is 9.70. The number of fused-ring (bicyclic) bond motifs is 2. The highest BCUT2D eigenvalue weighted by Gasteiger charge is 2.48. The minimum absolute atomic E-state index is 0.00219. The Morgan fingerprint density at radius 2 is 1.78 bits per heavy atom. The molecule has 7 heteroatoms. The van der Waals surface area contributed by atoms with Crippen LogP contribution in [0.15, 0.2) is 29.2 Å². The van der Waals surface area contributed by atoms with E-state index in [9.17, 15) is 8.42 Å². The Morgan fingerprint density at radius 1 is 1.15 bits per heavy atom. The third-order valence-electron chi connectivity index (χ3n) is 5.85. The molecule has 2 fully saturated rings. The third kappa shape index (κ3) is 3.27. The summed E-state index contributed by atoms with van der Waals surface area (Å²) in [7, 11) is -3.54. The first-order valence-corrected chi connectivity index (χ1v) is 11.1. The molecule has 6 nitrogen and oxygen atoms in total. The summed E-state index contributed by atoms with van der Waals surface area (Å²) in [6, 6.07) is 8.22. The number of piperidine rings is 1. The van der Waals surface area contributed by atoms with Gasteiger partial charge in [-0.25, -0.2) is 8.42 Å². The number of aromatic nitrogens is 2. The molecule has 0 saturated carbocycles. The van der Waals surface area contributed by atoms with E-state index >= 15 is 0 Å². The molecular weight excluding hydrogens is 362 g/mol. The molecule has 0 radical (unpaired) electrons. The third-order valence-corrected chi connectivity index (χ3v) is 8.12. The van der Waals surface area contributed by atoms with Gasteiger partial charge < -0.3 is 4.74 Å². The Labute approximate surface area is 161 Å². The largest absolute Gasteiger partial charge is 0.490 e. The summed E-state index contributed by atoms with van der Waals surface area (Å²) in [5.41, 5.74) is 2.44. The number of rotatable bonds is 5. The second kappa shape index (κ2) is 6.95. The number of H-pyrrole nitrogens is 1. The molecule has 1 aromatic carbocycles. The lowest BCUT2D eigenvalue weighted by atomic mass is 10.0. The number of sulfonamides is 1. The average Bonchev–Trinajstić information content (AvgIpc) is 3.13. The minimum atomic E-state index is -3.54. The van der Waals surface area contributed by atoms with Crippen LogP contribution >= 0.6 is 0 Å². The van der Waals surface area contributed by atoms with Crippen molar-refractivity contribution < 1.29 is 13.2 Å². The monoisotopic (exact) mass is 389 g/mol. The van der Waals surface area contributed by atoms with Gasteiger partial charge >= 0.3 is 0 Å². The van der Waals surface area contributed by atoms with Gasteiger partial charge in [-0.2, -0.15) is 9.40 Å². The van der Waals surface area contributed by atoms with Crippen LogP contribution in [0.25, 0.3) is 0 Å². The molecule has 2 atom stereocenters. The molecule has 2 aliphatic rings. The minimum Gasteiger partial charge on any atom is -0.490 e. The SMILES string of the molecule is CCc1ccc(OC2CC3CCC(C2)N3S(=O)(=O)c2c(C)n[nH]c2C)cc1. The van der Waals surface area contributed by atoms with Gasteiger partial charge in [-0.05, 0) is 50.8 Å². The van der Waals surface area contributed by atoms with Crippen LogP contribution in [-0.4, -0.2) is 41.1 Å². The predicted octanol–water partition coefficient (Wildman–Crippen LogP) is 3.35. The smallest absolute Gasteiger partial charge is 0.247 e. The van der Waals surface area contributed by atoms with Crippen molar-refractivity contribution in [2.75, 3.05) is 0 Å². The van der Waals surface area contributed by atoms with E-state index in [0.717, 1.165) is 37.9 Å². The molecule has 0 amide bonds. The van der Waals surface area contributed by atoms with Crippen molar-refractivity contribution in [3.8, 4) is 5.75 Å². The lowest BCUT2D eigenvalue weighted by Crippen LogP contribution is -2.49. The van der Waals surface area contributed by atoms with Crippen LogP contribution < -0.4 is 4.74 Å². The number of hydrogen-bond donors (Lipinski definition) is 1. The molecule has 2 bridgehead atoms. The molecule has 27 heavy (non-hydrogen) atoms. The van der Waals surface area contributed by atoms with Gasteiger partial charge in [-0.1, -0.05) is 19.1 Å². The van der Waals surface area contributed by atoms with Crippen molar-refractivity contribution in [2.45, 2.75) is 76.0 Å². The molecule has 2 unspecified atom stereocenters. The molecule has 0 aliphatic carbocycles. The summed E-state index contributed by atoms with van der Waals surface area (Å²) in [6.07, 6.45) is 4.34. The van der Waals surface area contributed by atoms with Crippen molar-refractivity contribution in [1.82, 2.24) is 14.5 Å². The first-order chi connectivity index (χ1) is 12.9. The predicted molar refractivity (Wildman–Crippen MR) is 103 cm³/mol. The summed E-state index contributed by atoms with van der Waals surface area (Å²) >= 11 is 0. The lowest BCUT2D eigenvalue weighted by Gasteiger charge is -2.37. The number of ether oxygens (including phenoxy) is 1. The van der Waals surface area contributed by atoms with Gasteiger partial charge in [-0.3, -0.25) is 5.10 Å². The van der Waals surface area contributed by atoms with E-state index in [1.165, 1.54) is 5.56 Å². The molecule has 1 N–H and O–H groups in total. The lowest BCUT2D eigenvalue weighted by molar-refractivity contribution is 0.0956. The highest BCUT2D eigenvalue weighted by Crippen LogP contribution is 2.41. The van der Waals surface area contributed by atoms with Gasteiger partial charge in [0.2, 0.25) is 10.0 Å². The zero-order valence-electron chi connectivity index (χ0n) is 16.1. The van der Waals surface area contributed by atoms with Gasteiger partial charge in [0, 0.05) is 24.9 Å². The van der Waals surface area contributed by atoms with Gasteiger partial charge in [0.05, 0.1) is 11.4 Å². The zero-order valence-corrected chi connectivity index (χ0v) is 16.9. The van der Waals surface area contributed by atoms with Gasteiger partial charge in [0.15, 0.2) is 0 Å². The molecule has 2 aromatic rings. The molecular formula is C20H27N3O3S. The van der Waals surface area contributed by atoms with E-state index in [1.54, 1.807) is 18.2 Å². The molecule has 4 rings (SSSR count). The topological polar surface area (TPSA) is 75.3 Å².